The highest BCUT2D eigenvalue weighted by atomic mass is 16.5. The number of nitrogens with zero attached hydrogens (tertiary/aromatic N) is 2. The number of hydrogen-bond donors (Lipinski definition) is 0. The molecular weight excluding hydrogens is 252 g/mol. The number of carbonyl (C=O) groups is 1. The second-order valence-electron chi connectivity index (χ2n) is 4.82. The van der Waals surface area contributed by atoms with E-state index in [1.165, 1.54) is 0 Å². The van der Waals surface area contributed by atoms with Gasteiger partial charge >= 0.3 is 5.97 Å². The van der Waals surface area contributed by atoms with Gasteiger partial charge in [-0.15, -0.1) is 0 Å². The maximum Gasteiger partial charge on any atom is 0.316 e. The van der Waals surface area contributed by atoms with Crippen LogP contribution in [0.1, 0.15) is 45.4 Å². The van der Waals surface area contributed by atoms with Crippen LogP contribution in [-0.4, -0.2) is 22.1 Å². The number of rotatable bonds is 6. The number of ether oxygens (including phenoxy) is 1. The largest absolute Gasteiger partial charge is 0.465 e. The first-order valence-corrected chi connectivity index (χ1v) is 7.34. The summed E-state index contributed by atoms with van der Waals surface area (Å²) >= 11 is 0. The zero-order chi connectivity index (χ0) is 14.5. The minimum atomic E-state index is -0.283. The molecule has 0 saturated carbocycles. The van der Waals surface area contributed by atoms with Gasteiger partial charge in [0.1, 0.15) is 11.7 Å². The van der Waals surface area contributed by atoms with Crippen molar-refractivity contribution in [3.05, 3.63) is 30.1 Å². The fourth-order valence-electron chi connectivity index (χ4n) is 2.52. The molecule has 1 atom stereocenters. The number of benzene rings is 1. The number of hydrogen-bond acceptors (Lipinski definition) is 3. The SMILES string of the molecule is CCCn1c(C(CC)C(=O)OCC)nc2ccccc21. The molecule has 108 valence electrons. The van der Waals surface area contributed by atoms with E-state index in [0.717, 1.165) is 29.8 Å². The first-order chi connectivity index (χ1) is 9.72. The second kappa shape index (κ2) is 6.55. The van der Waals surface area contributed by atoms with Crippen molar-refractivity contribution < 1.29 is 9.53 Å². The Balaban J connectivity index is 2.50. The Bertz CT molecular complexity index is 589. The molecule has 0 bridgehead atoms. The van der Waals surface area contributed by atoms with Gasteiger partial charge in [-0.05, 0) is 31.9 Å². The first kappa shape index (κ1) is 14.6. The molecular formula is C16H22N2O2. The molecule has 1 aromatic heterocycles. The Kier molecular flexibility index (Phi) is 4.77. The topological polar surface area (TPSA) is 44.1 Å². The predicted octanol–water partition coefficient (Wildman–Crippen LogP) is 3.50. The summed E-state index contributed by atoms with van der Waals surface area (Å²) in [5.74, 6) is 0.366. The lowest BCUT2D eigenvalue weighted by molar-refractivity contribution is -0.145. The van der Waals surface area contributed by atoms with Gasteiger partial charge < -0.3 is 9.30 Å². The normalized spacial score (nSPS) is 12.6. The van der Waals surface area contributed by atoms with E-state index in [1.54, 1.807) is 0 Å². The van der Waals surface area contributed by atoms with Gasteiger partial charge in [-0.1, -0.05) is 26.0 Å². The Morgan fingerprint density at radius 2 is 2.05 bits per heavy atom. The number of esters is 1. The van der Waals surface area contributed by atoms with Crippen LogP contribution in [0.2, 0.25) is 0 Å². The number of imidazole rings is 1. The van der Waals surface area contributed by atoms with Crippen molar-refractivity contribution in [3.8, 4) is 0 Å². The molecule has 1 unspecified atom stereocenters. The first-order valence-electron chi connectivity index (χ1n) is 7.34. The summed E-state index contributed by atoms with van der Waals surface area (Å²) in [6.45, 7) is 7.23. The lowest BCUT2D eigenvalue weighted by Crippen LogP contribution is -2.19. The fraction of sp³-hybridized carbons (Fsp3) is 0.500. The molecule has 0 spiro atoms. The second-order valence-corrected chi connectivity index (χ2v) is 4.82. The molecule has 0 aliphatic carbocycles. The van der Waals surface area contributed by atoms with E-state index in [2.05, 4.69) is 22.5 Å². The Hall–Kier alpha value is -1.84. The summed E-state index contributed by atoms with van der Waals surface area (Å²) in [5.41, 5.74) is 2.03. The highest BCUT2D eigenvalue weighted by Crippen LogP contribution is 2.25. The summed E-state index contributed by atoms with van der Waals surface area (Å²) in [6.07, 6.45) is 1.71. The van der Waals surface area contributed by atoms with Crippen molar-refractivity contribution in [1.82, 2.24) is 9.55 Å². The van der Waals surface area contributed by atoms with Gasteiger partial charge in [0.05, 0.1) is 17.6 Å². The highest BCUT2D eigenvalue weighted by molar-refractivity contribution is 5.81. The maximum absolute atomic E-state index is 12.1. The Labute approximate surface area is 119 Å². The molecule has 0 aliphatic heterocycles. The Morgan fingerprint density at radius 1 is 1.30 bits per heavy atom. The van der Waals surface area contributed by atoms with E-state index >= 15 is 0 Å². The van der Waals surface area contributed by atoms with Gasteiger partial charge in [0.15, 0.2) is 0 Å². The minimum Gasteiger partial charge on any atom is -0.465 e. The van der Waals surface area contributed by atoms with Crippen molar-refractivity contribution in [1.29, 1.82) is 0 Å². The van der Waals surface area contributed by atoms with Crippen LogP contribution in [0.4, 0.5) is 0 Å². The van der Waals surface area contributed by atoms with Crippen LogP contribution >= 0.6 is 0 Å². The number of fused-ring (bicyclic) bond motifs is 1. The third-order valence-electron chi connectivity index (χ3n) is 3.42. The molecule has 4 heteroatoms. The van der Waals surface area contributed by atoms with Gasteiger partial charge in [0.2, 0.25) is 0 Å². The van der Waals surface area contributed by atoms with Gasteiger partial charge in [0, 0.05) is 6.54 Å². The molecule has 0 aliphatic rings. The number of aromatic nitrogens is 2. The quantitative estimate of drug-likeness (QED) is 0.757. The zero-order valence-electron chi connectivity index (χ0n) is 12.4. The van der Waals surface area contributed by atoms with E-state index in [9.17, 15) is 4.79 Å². The molecule has 1 aromatic carbocycles. The van der Waals surface area contributed by atoms with Crippen LogP contribution in [-0.2, 0) is 16.1 Å². The molecule has 1 heterocycles. The smallest absolute Gasteiger partial charge is 0.316 e. The van der Waals surface area contributed by atoms with Crippen LogP contribution < -0.4 is 0 Å². The molecule has 0 amide bonds. The van der Waals surface area contributed by atoms with Crippen LogP contribution in [0.5, 0.6) is 0 Å². The molecule has 2 rings (SSSR count). The van der Waals surface area contributed by atoms with Crippen molar-refractivity contribution >= 4 is 17.0 Å². The van der Waals surface area contributed by atoms with E-state index in [4.69, 9.17) is 4.74 Å². The lowest BCUT2D eigenvalue weighted by atomic mass is 10.1. The van der Waals surface area contributed by atoms with E-state index in [1.807, 2.05) is 32.0 Å². The summed E-state index contributed by atoms with van der Waals surface area (Å²) < 4.78 is 7.34. The van der Waals surface area contributed by atoms with Crippen molar-refractivity contribution in [3.63, 3.8) is 0 Å². The molecule has 0 fully saturated rings. The van der Waals surface area contributed by atoms with Gasteiger partial charge in [-0.3, -0.25) is 4.79 Å². The molecule has 4 nitrogen and oxygen atoms in total. The maximum atomic E-state index is 12.1. The number of para-hydroxylation sites is 2. The van der Waals surface area contributed by atoms with Gasteiger partial charge in [-0.25, -0.2) is 4.98 Å². The summed E-state index contributed by atoms with van der Waals surface area (Å²) in [4.78, 5) is 16.8. The molecule has 2 aromatic rings. The highest BCUT2D eigenvalue weighted by Gasteiger charge is 2.26. The minimum absolute atomic E-state index is 0.178. The number of aryl methyl sites for hydroxylation is 1. The van der Waals surface area contributed by atoms with E-state index in [0.29, 0.717) is 13.0 Å². The van der Waals surface area contributed by atoms with Crippen molar-refractivity contribution in [2.24, 2.45) is 0 Å². The van der Waals surface area contributed by atoms with Crippen LogP contribution in [0.3, 0.4) is 0 Å². The standard InChI is InChI=1S/C16H22N2O2/c1-4-11-18-14-10-8-7-9-13(14)17-15(18)12(5-2)16(19)20-6-3/h7-10,12H,4-6,11H2,1-3H3. The average molecular weight is 274 g/mol. The fourth-order valence-corrected chi connectivity index (χ4v) is 2.52. The third kappa shape index (κ3) is 2.69. The molecule has 20 heavy (non-hydrogen) atoms. The molecule has 0 radical (unpaired) electrons. The van der Waals surface area contributed by atoms with Crippen LogP contribution in [0.25, 0.3) is 11.0 Å². The summed E-state index contributed by atoms with van der Waals surface area (Å²) in [5, 5.41) is 0. The van der Waals surface area contributed by atoms with Crippen LogP contribution in [0.15, 0.2) is 24.3 Å². The lowest BCUT2D eigenvalue weighted by Gasteiger charge is -2.15. The molecule has 0 N–H and O–H groups in total. The van der Waals surface area contributed by atoms with Crippen molar-refractivity contribution in [2.75, 3.05) is 6.61 Å². The third-order valence-corrected chi connectivity index (χ3v) is 3.42. The average Bonchev–Trinajstić information content (AvgIpc) is 2.80. The summed E-state index contributed by atoms with van der Waals surface area (Å²) in [7, 11) is 0. The summed E-state index contributed by atoms with van der Waals surface area (Å²) in [6, 6.07) is 8.02. The Morgan fingerprint density at radius 3 is 2.70 bits per heavy atom. The van der Waals surface area contributed by atoms with Gasteiger partial charge in [0.25, 0.3) is 0 Å². The monoisotopic (exact) mass is 274 g/mol. The number of carbonyl (C=O) groups excluding carboxylic acids is 1. The molecule has 0 saturated heterocycles. The predicted molar refractivity (Wildman–Crippen MR) is 79.7 cm³/mol. The van der Waals surface area contributed by atoms with Crippen LogP contribution in [0, 0.1) is 0 Å². The van der Waals surface area contributed by atoms with Gasteiger partial charge in [-0.2, -0.15) is 0 Å². The van der Waals surface area contributed by atoms with E-state index in [-0.39, 0.29) is 11.9 Å². The van der Waals surface area contributed by atoms with Crippen molar-refractivity contribution in [2.45, 2.75) is 46.1 Å². The van der Waals surface area contributed by atoms with E-state index < -0.39 is 0 Å². The zero-order valence-corrected chi connectivity index (χ0v) is 12.4.